The van der Waals surface area contributed by atoms with Gasteiger partial charge in [-0.3, -0.25) is 0 Å². The Bertz CT molecular complexity index is 2520. The molecule has 0 spiro atoms. The standard InChI is InChI=1S/C47H33N3/c1-2-11-30(12-3-1)31-15-8-17-35(25-31)45-48-46(50-47(49-45)37-23-24-42-38(28-37)27-32-13-4-6-19-39(32)42)36-18-9-16-33(26-36)41-21-10-22-43-40-20-7-5-14-34(40)29-44(41)43/h1-19,21-26,28,40H,20,27,29H2. The van der Waals surface area contributed by atoms with Gasteiger partial charge in [-0.2, -0.15) is 0 Å². The fourth-order valence-electron chi connectivity index (χ4n) is 8.13. The average Bonchev–Trinajstić information content (AvgIpc) is 3.76. The minimum absolute atomic E-state index is 0.499. The lowest BCUT2D eigenvalue weighted by Gasteiger charge is -2.15. The maximum atomic E-state index is 5.18. The first-order valence-corrected chi connectivity index (χ1v) is 17.5. The number of aromatic nitrogens is 3. The molecule has 1 unspecified atom stereocenters. The molecule has 3 aliphatic carbocycles. The summed E-state index contributed by atoms with van der Waals surface area (Å²) < 4.78 is 0. The molecule has 0 amide bonds. The summed E-state index contributed by atoms with van der Waals surface area (Å²) in [4.78, 5) is 15.5. The van der Waals surface area contributed by atoms with Crippen molar-refractivity contribution in [3.05, 3.63) is 186 Å². The van der Waals surface area contributed by atoms with Crippen LogP contribution in [0.4, 0.5) is 0 Å². The van der Waals surface area contributed by atoms with Crippen LogP contribution in [-0.4, -0.2) is 15.0 Å². The zero-order chi connectivity index (χ0) is 33.0. The van der Waals surface area contributed by atoms with Gasteiger partial charge in [0.15, 0.2) is 17.5 Å². The summed E-state index contributed by atoms with van der Waals surface area (Å²) in [6, 6.07) is 49.9. The number of rotatable bonds is 5. The van der Waals surface area contributed by atoms with Crippen LogP contribution in [0.25, 0.3) is 67.5 Å². The van der Waals surface area contributed by atoms with Crippen LogP contribution >= 0.6 is 0 Å². The zero-order valence-electron chi connectivity index (χ0n) is 27.6. The maximum Gasteiger partial charge on any atom is 0.164 e. The minimum atomic E-state index is 0.499. The molecule has 6 aromatic carbocycles. The van der Waals surface area contributed by atoms with Crippen LogP contribution in [0.1, 0.15) is 34.6 Å². The third-order valence-electron chi connectivity index (χ3n) is 10.6. The van der Waals surface area contributed by atoms with Gasteiger partial charge in [-0.15, -0.1) is 0 Å². The van der Waals surface area contributed by atoms with Crippen molar-refractivity contribution in [3.63, 3.8) is 0 Å². The quantitative estimate of drug-likeness (QED) is 0.188. The van der Waals surface area contributed by atoms with Gasteiger partial charge in [-0.25, -0.2) is 15.0 Å². The molecule has 50 heavy (non-hydrogen) atoms. The highest BCUT2D eigenvalue weighted by molar-refractivity contribution is 5.81. The lowest BCUT2D eigenvalue weighted by atomic mass is 9.90. The van der Waals surface area contributed by atoms with Crippen molar-refractivity contribution in [2.75, 3.05) is 0 Å². The molecule has 0 aliphatic heterocycles. The zero-order valence-corrected chi connectivity index (χ0v) is 27.6. The molecule has 1 aromatic heterocycles. The van der Waals surface area contributed by atoms with E-state index in [1.54, 1.807) is 0 Å². The van der Waals surface area contributed by atoms with Gasteiger partial charge >= 0.3 is 0 Å². The highest BCUT2D eigenvalue weighted by atomic mass is 15.0. The van der Waals surface area contributed by atoms with E-state index in [-0.39, 0.29) is 0 Å². The van der Waals surface area contributed by atoms with Crippen molar-refractivity contribution >= 4 is 0 Å². The summed E-state index contributed by atoms with van der Waals surface area (Å²) in [5.41, 5.74) is 17.4. The first-order valence-electron chi connectivity index (χ1n) is 17.5. The van der Waals surface area contributed by atoms with Crippen LogP contribution in [-0.2, 0) is 12.8 Å². The second-order valence-electron chi connectivity index (χ2n) is 13.5. The third-order valence-corrected chi connectivity index (χ3v) is 10.6. The summed E-state index contributed by atoms with van der Waals surface area (Å²) in [6.45, 7) is 0. The van der Waals surface area contributed by atoms with Crippen LogP contribution < -0.4 is 0 Å². The molecule has 3 nitrogen and oxygen atoms in total. The second-order valence-corrected chi connectivity index (χ2v) is 13.5. The monoisotopic (exact) mass is 639 g/mol. The maximum absolute atomic E-state index is 5.18. The van der Waals surface area contributed by atoms with Crippen LogP contribution in [0, 0.1) is 0 Å². The van der Waals surface area contributed by atoms with E-state index in [2.05, 4.69) is 152 Å². The van der Waals surface area contributed by atoms with Crippen LogP contribution in [0.3, 0.4) is 0 Å². The Hall–Kier alpha value is -6.19. The van der Waals surface area contributed by atoms with Crippen LogP contribution in [0.15, 0.2) is 163 Å². The number of allylic oxidation sites excluding steroid dienone is 4. The molecule has 236 valence electrons. The summed E-state index contributed by atoms with van der Waals surface area (Å²) in [5, 5.41) is 0. The van der Waals surface area contributed by atoms with Crippen molar-refractivity contribution in [2.45, 2.75) is 25.2 Å². The van der Waals surface area contributed by atoms with Crippen molar-refractivity contribution < 1.29 is 0 Å². The van der Waals surface area contributed by atoms with E-state index in [1.165, 1.54) is 50.1 Å². The molecule has 0 saturated carbocycles. The Morgan fingerprint density at radius 2 is 1.06 bits per heavy atom. The Labute approximate surface area is 292 Å². The molecule has 7 aromatic rings. The van der Waals surface area contributed by atoms with Crippen LogP contribution in [0.5, 0.6) is 0 Å². The van der Waals surface area contributed by atoms with Gasteiger partial charge < -0.3 is 0 Å². The molecule has 3 aliphatic rings. The van der Waals surface area contributed by atoms with E-state index in [1.807, 2.05) is 6.07 Å². The molecular formula is C47H33N3. The van der Waals surface area contributed by atoms with Gasteiger partial charge in [0.1, 0.15) is 0 Å². The molecule has 3 heteroatoms. The smallest absolute Gasteiger partial charge is 0.164 e. The van der Waals surface area contributed by atoms with Gasteiger partial charge in [0.05, 0.1) is 0 Å². The van der Waals surface area contributed by atoms with E-state index in [9.17, 15) is 0 Å². The SMILES string of the molecule is C1=CCC2C(=C1)Cc1c(-c3cccc(-c4nc(-c5cccc(-c6ccccc6)c5)nc(-c5ccc6c(c5)Cc5ccccc5-6)n4)c3)cccc12. The first kappa shape index (κ1) is 28.8. The first-order chi connectivity index (χ1) is 24.7. The topological polar surface area (TPSA) is 38.7 Å². The molecule has 1 atom stereocenters. The average molecular weight is 640 g/mol. The molecule has 0 bridgehead atoms. The normalized spacial score (nSPS) is 15.2. The highest BCUT2D eigenvalue weighted by Crippen LogP contribution is 2.46. The van der Waals surface area contributed by atoms with E-state index >= 15 is 0 Å². The van der Waals surface area contributed by atoms with Gasteiger partial charge in [-0.05, 0) is 93.1 Å². The highest BCUT2D eigenvalue weighted by Gasteiger charge is 2.29. The number of fused-ring (bicyclic) bond motifs is 6. The Balaban J connectivity index is 1.10. The third kappa shape index (κ3) is 4.93. The van der Waals surface area contributed by atoms with Gasteiger partial charge in [0.25, 0.3) is 0 Å². The molecule has 0 fully saturated rings. The summed E-state index contributed by atoms with van der Waals surface area (Å²) in [7, 11) is 0. The number of benzene rings is 6. The second kappa shape index (κ2) is 11.7. The van der Waals surface area contributed by atoms with E-state index < -0.39 is 0 Å². The number of hydrogen-bond acceptors (Lipinski definition) is 3. The Kier molecular flexibility index (Phi) is 6.76. The number of hydrogen-bond donors (Lipinski definition) is 0. The van der Waals surface area contributed by atoms with Crippen LogP contribution in [0.2, 0.25) is 0 Å². The lowest BCUT2D eigenvalue weighted by Crippen LogP contribution is -2.01. The fraction of sp³-hybridized carbons (Fsp3) is 0.0851. The van der Waals surface area contributed by atoms with E-state index in [0.29, 0.717) is 23.4 Å². The predicted octanol–water partition coefficient (Wildman–Crippen LogP) is 11.3. The largest absolute Gasteiger partial charge is 0.208 e. The fourth-order valence-corrected chi connectivity index (χ4v) is 8.13. The molecule has 0 radical (unpaired) electrons. The van der Waals surface area contributed by atoms with E-state index in [0.717, 1.165) is 47.1 Å². The molecular weight excluding hydrogens is 607 g/mol. The van der Waals surface area contributed by atoms with E-state index in [4.69, 9.17) is 15.0 Å². The predicted molar refractivity (Wildman–Crippen MR) is 204 cm³/mol. The summed E-state index contributed by atoms with van der Waals surface area (Å²) in [5.74, 6) is 2.52. The molecule has 1 heterocycles. The van der Waals surface area contributed by atoms with Crippen molar-refractivity contribution in [3.8, 4) is 67.5 Å². The lowest BCUT2D eigenvalue weighted by molar-refractivity contribution is 0.822. The molecule has 0 saturated heterocycles. The van der Waals surface area contributed by atoms with Gasteiger partial charge in [0.2, 0.25) is 0 Å². The molecule has 10 rings (SSSR count). The summed E-state index contributed by atoms with van der Waals surface area (Å²) >= 11 is 0. The van der Waals surface area contributed by atoms with Gasteiger partial charge in [-0.1, -0.05) is 145 Å². The molecule has 0 N–H and O–H groups in total. The minimum Gasteiger partial charge on any atom is -0.208 e. The Morgan fingerprint density at radius 1 is 0.440 bits per heavy atom. The van der Waals surface area contributed by atoms with Gasteiger partial charge in [0, 0.05) is 22.6 Å². The van der Waals surface area contributed by atoms with Crippen molar-refractivity contribution in [1.29, 1.82) is 0 Å². The summed E-state index contributed by atoms with van der Waals surface area (Å²) in [6.07, 6.45) is 9.82. The Morgan fingerprint density at radius 3 is 1.88 bits per heavy atom. The number of nitrogens with zero attached hydrogens (tertiary/aromatic N) is 3. The van der Waals surface area contributed by atoms with Crippen molar-refractivity contribution in [1.82, 2.24) is 15.0 Å². The van der Waals surface area contributed by atoms with Crippen molar-refractivity contribution in [2.24, 2.45) is 0 Å².